The fourth-order valence-electron chi connectivity index (χ4n) is 2.21. The smallest absolute Gasteiger partial charge is 0.272 e. The average molecular weight is 289 g/mol. The van der Waals surface area contributed by atoms with Gasteiger partial charge in [0.15, 0.2) is 0 Å². The Hall–Kier alpha value is -1.94. The maximum absolute atomic E-state index is 12.3. The number of aromatic nitrogens is 1. The van der Waals surface area contributed by atoms with Gasteiger partial charge in [0.25, 0.3) is 5.91 Å². The zero-order valence-electron chi connectivity index (χ0n) is 11.8. The molecule has 0 bridgehead atoms. The van der Waals surface area contributed by atoms with E-state index in [1.807, 2.05) is 0 Å². The molecule has 6 heteroatoms. The number of nitrogens with zero attached hydrogens (tertiary/aromatic N) is 3. The number of aliphatic hydroxyl groups excluding tert-OH is 2. The van der Waals surface area contributed by atoms with Crippen LogP contribution in [-0.2, 0) is 0 Å². The largest absolute Gasteiger partial charge is 0.395 e. The second-order valence-corrected chi connectivity index (χ2v) is 4.75. The Morgan fingerprint density at radius 3 is 2.57 bits per heavy atom. The van der Waals surface area contributed by atoms with Gasteiger partial charge in [-0.15, -0.1) is 0 Å². The van der Waals surface area contributed by atoms with Crippen LogP contribution in [-0.4, -0.2) is 76.8 Å². The van der Waals surface area contributed by atoms with Gasteiger partial charge in [-0.3, -0.25) is 9.69 Å². The van der Waals surface area contributed by atoms with Crippen molar-refractivity contribution in [3.8, 4) is 11.8 Å². The van der Waals surface area contributed by atoms with E-state index in [-0.39, 0.29) is 19.1 Å². The Bertz CT molecular complexity index is 525. The van der Waals surface area contributed by atoms with Gasteiger partial charge in [0.2, 0.25) is 0 Å². The highest BCUT2D eigenvalue weighted by Gasteiger charge is 2.22. The Morgan fingerprint density at radius 1 is 1.24 bits per heavy atom. The monoisotopic (exact) mass is 289 g/mol. The van der Waals surface area contributed by atoms with E-state index in [9.17, 15) is 4.79 Å². The summed E-state index contributed by atoms with van der Waals surface area (Å²) in [5.41, 5.74) is 1.08. The molecule has 1 aromatic heterocycles. The Morgan fingerprint density at radius 2 is 2.00 bits per heavy atom. The topological polar surface area (TPSA) is 76.9 Å². The van der Waals surface area contributed by atoms with E-state index in [2.05, 4.69) is 21.7 Å². The van der Waals surface area contributed by atoms with Gasteiger partial charge in [-0.2, -0.15) is 0 Å². The van der Waals surface area contributed by atoms with Crippen molar-refractivity contribution in [1.29, 1.82) is 0 Å². The minimum Gasteiger partial charge on any atom is -0.395 e. The molecule has 1 aliphatic rings. The molecule has 0 atom stereocenters. The van der Waals surface area contributed by atoms with Gasteiger partial charge < -0.3 is 15.1 Å². The van der Waals surface area contributed by atoms with Crippen molar-refractivity contribution < 1.29 is 15.0 Å². The first-order chi connectivity index (χ1) is 10.2. The molecule has 1 aromatic rings. The number of pyridine rings is 1. The van der Waals surface area contributed by atoms with Crippen LogP contribution in [0, 0.1) is 11.8 Å². The molecule has 1 aliphatic heterocycles. The van der Waals surface area contributed by atoms with E-state index in [0.29, 0.717) is 30.9 Å². The summed E-state index contributed by atoms with van der Waals surface area (Å²) in [5, 5.41) is 17.5. The number of piperazine rings is 1. The quantitative estimate of drug-likeness (QED) is 0.711. The molecule has 0 radical (unpaired) electrons. The lowest BCUT2D eigenvalue weighted by Gasteiger charge is -2.34. The van der Waals surface area contributed by atoms with Crippen molar-refractivity contribution in [3.63, 3.8) is 0 Å². The number of carbonyl (C=O) groups excluding carboxylic acids is 1. The molecule has 2 heterocycles. The zero-order valence-corrected chi connectivity index (χ0v) is 11.8. The van der Waals surface area contributed by atoms with Crippen LogP contribution in [0.1, 0.15) is 16.1 Å². The molecule has 1 saturated heterocycles. The minimum atomic E-state index is -0.196. The second-order valence-electron chi connectivity index (χ2n) is 4.75. The molecule has 0 unspecified atom stereocenters. The average Bonchev–Trinajstić information content (AvgIpc) is 2.54. The van der Waals surface area contributed by atoms with Crippen LogP contribution in [0.15, 0.2) is 18.3 Å². The van der Waals surface area contributed by atoms with Crippen molar-refractivity contribution in [1.82, 2.24) is 14.8 Å². The number of hydrogen-bond donors (Lipinski definition) is 2. The summed E-state index contributed by atoms with van der Waals surface area (Å²) in [4.78, 5) is 20.3. The van der Waals surface area contributed by atoms with Crippen LogP contribution in [0.3, 0.4) is 0 Å². The summed E-state index contributed by atoms with van der Waals surface area (Å²) in [5.74, 6) is 5.20. The van der Waals surface area contributed by atoms with Crippen LogP contribution < -0.4 is 0 Å². The summed E-state index contributed by atoms with van der Waals surface area (Å²) in [7, 11) is 0. The van der Waals surface area contributed by atoms with Crippen molar-refractivity contribution in [2.45, 2.75) is 0 Å². The molecule has 1 fully saturated rings. The predicted molar refractivity (Wildman–Crippen MR) is 77.6 cm³/mol. The van der Waals surface area contributed by atoms with Gasteiger partial charge in [-0.25, -0.2) is 4.98 Å². The lowest BCUT2D eigenvalue weighted by Crippen LogP contribution is -2.49. The van der Waals surface area contributed by atoms with Crippen molar-refractivity contribution in [2.75, 3.05) is 45.9 Å². The van der Waals surface area contributed by atoms with Crippen LogP contribution in [0.25, 0.3) is 0 Å². The van der Waals surface area contributed by atoms with Gasteiger partial charge in [0.1, 0.15) is 12.3 Å². The van der Waals surface area contributed by atoms with Gasteiger partial charge >= 0.3 is 0 Å². The van der Waals surface area contributed by atoms with E-state index in [1.54, 1.807) is 17.0 Å². The molecule has 1 amide bonds. The van der Waals surface area contributed by atoms with E-state index in [0.717, 1.165) is 13.1 Å². The molecule has 0 saturated carbocycles. The van der Waals surface area contributed by atoms with Crippen molar-refractivity contribution >= 4 is 5.91 Å². The Balaban J connectivity index is 1.94. The molecule has 21 heavy (non-hydrogen) atoms. The van der Waals surface area contributed by atoms with Crippen LogP contribution in [0.5, 0.6) is 0 Å². The normalized spacial score (nSPS) is 15.4. The number of aliphatic hydroxyl groups is 2. The van der Waals surface area contributed by atoms with Gasteiger partial charge in [-0.1, -0.05) is 11.8 Å². The number of β-amino-alcohol motifs (C(OH)–C–C–N with tert-alkyl or cyclic N) is 1. The van der Waals surface area contributed by atoms with Crippen molar-refractivity contribution in [2.24, 2.45) is 0 Å². The first-order valence-corrected chi connectivity index (χ1v) is 6.93. The highest BCUT2D eigenvalue weighted by molar-refractivity contribution is 5.92. The molecule has 0 aliphatic carbocycles. The molecule has 0 aromatic carbocycles. The summed E-state index contributed by atoms with van der Waals surface area (Å²) in [6.07, 6.45) is 1.54. The molecule has 112 valence electrons. The third-order valence-electron chi connectivity index (χ3n) is 3.37. The standard InChI is InChI=1S/C15H19N3O3/c19-10-1-2-13-3-4-14(16-12-13)15(21)18-7-5-17(6-8-18)9-11-20/h3-4,12,19-20H,5-11H2. The first-order valence-electron chi connectivity index (χ1n) is 6.93. The Labute approximate surface area is 124 Å². The van der Waals surface area contributed by atoms with Gasteiger partial charge in [-0.05, 0) is 12.1 Å². The van der Waals surface area contributed by atoms with Crippen molar-refractivity contribution in [3.05, 3.63) is 29.6 Å². The Kier molecular flexibility index (Phi) is 5.69. The molecule has 0 spiro atoms. The predicted octanol–water partition coefficient (Wildman–Crippen LogP) is -0.825. The van der Waals surface area contributed by atoms with E-state index < -0.39 is 0 Å². The van der Waals surface area contributed by atoms with E-state index in [1.165, 1.54) is 6.20 Å². The van der Waals surface area contributed by atoms with Crippen LogP contribution in [0.2, 0.25) is 0 Å². The van der Waals surface area contributed by atoms with Gasteiger partial charge in [0.05, 0.1) is 6.61 Å². The van der Waals surface area contributed by atoms with Gasteiger partial charge in [0, 0.05) is 44.5 Å². The maximum atomic E-state index is 12.3. The maximum Gasteiger partial charge on any atom is 0.272 e. The molecular weight excluding hydrogens is 270 g/mol. The lowest BCUT2D eigenvalue weighted by molar-refractivity contribution is 0.0609. The highest BCUT2D eigenvalue weighted by Crippen LogP contribution is 2.07. The van der Waals surface area contributed by atoms with E-state index in [4.69, 9.17) is 10.2 Å². The third-order valence-corrected chi connectivity index (χ3v) is 3.37. The third kappa shape index (κ3) is 4.26. The number of carbonyl (C=O) groups is 1. The molecule has 2 N–H and O–H groups in total. The first kappa shape index (κ1) is 15.4. The minimum absolute atomic E-state index is 0.0830. The highest BCUT2D eigenvalue weighted by atomic mass is 16.3. The fraction of sp³-hybridized carbons (Fsp3) is 0.467. The van der Waals surface area contributed by atoms with E-state index >= 15 is 0 Å². The number of hydrogen-bond acceptors (Lipinski definition) is 5. The molecule has 6 nitrogen and oxygen atoms in total. The summed E-state index contributed by atoms with van der Waals surface area (Å²) < 4.78 is 0. The zero-order chi connectivity index (χ0) is 15.1. The van der Waals surface area contributed by atoms with Crippen LogP contribution >= 0.6 is 0 Å². The lowest BCUT2D eigenvalue weighted by atomic mass is 10.2. The fourth-order valence-corrected chi connectivity index (χ4v) is 2.21. The SMILES string of the molecule is O=C(c1ccc(C#CCO)cn1)N1CCN(CCO)CC1. The molecule has 2 rings (SSSR count). The van der Waals surface area contributed by atoms with Crippen LogP contribution in [0.4, 0.5) is 0 Å². The number of rotatable bonds is 3. The summed E-state index contributed by atoms with van der Waals surface area (Å²) in [6, 6.07) is 3.38. The summed E-state index contributed by atoms with van der Waals surface area (Å²) in [6.45, 7) is 3.43. The molecular formula is C15H19N3O3. The second kappa shape index (κ2) is 7.74. The number of amides is 1. The summed E-state index contributed by atoms with van der Waals surface area (Å²) >= 11 is 0.